The fraction of sp³-hybridized carbons (Fsp3) is 0.625. The molecule has 1 aliphatic carbocycles. The van der Waals surface area contributed by atoms with Crippen LogP contribution in [0.15, 0.2) is 18.5 Å². The Morgan fingerprint density at radius 1 is 1.20 bits per heavy atom. The van der Waals surface area contributed by atoms with Gasteiger partial charge in [-0.3, -0.25) is 0 Å². The van der Waals surface area contributed by atoms with E-state index in [1.54, 1.807) is 0 Å². The molecule has 0 saturated heterocycles. The van der Waals surface area contributed by atoms with E-state index in [-0.39, 0.29) is 0 Å². The number of hydrogen-bond acceptors (Lipinski definition) is 3. The first-order chi connectivity index (χ1) is 9.81. The van der Waals surface area contributed by atoms with Crippen LogP contribution in [0.4, 0.5) is 0 Å². The summed E-state index contributed by atoms with van der Waals surface area (Å²) in [6.07, 6.45) is 13.6. The zero-order chi connectivity index (χ0) is 13.8. The Kier molecular flexibility index (Phi) is 4.31. The van der Waals surface area contributed by atoms with Crippen LogP contribution in [0, 0.1) is 6.92 Å². The number of fused-ring (bicyclic) bond motifs is 1. The van der Waals surface area contributed by atoms with Gasteiger partial charge in [0.15, 0.2) is 5.65 Å². The molecule has 0 unspecified atom stereocenters. The Labute approximate surface area is 120 Å². The first-order valence-electron chi connectivity index (χ1n) is 7.85. The molecule has 2 heterocycles. The van der Waals surface area contributed by atoms with E-state index < -0.39 is 0 Å². The number of rotatable bonds is 3. The molecule has 2 aromatic rings. The van der Waals surface area contributed by atoms with Crippen LogP contribution in [0.25, 0.3) is 5.65 Å². The van der Waals surface area contributed by atoms with Gasteiger partial charge in [0.25, 0.3) is 0 Å². The smallest absolute Gasteiger partial charge is 0.155 e. The predicted molar refractivity (Wildman–Crippen MR) is 80.7 cm³/mol. The lowest BCUT2D eigenvalue weighted by molar-refractivity contribution is 0.388. The SMILES string of the molecule is Cc1cc2ncc(CNC3CCCCCCC3)cn2n1. The van der Waals surface area contributed by atoms with Crippen LogP contribution in [-0.2, 0) is 6.54 Å². The molecule has 4 nitrogen and oxygen atoms in total. The zero-order valence-electron chi connectivity index (χ0n) is 12.3. The van der Waals surface area contributed by atoms with Gasteiger partial charge in [0.05, 0.1) is 5.69 Å². The lowest BCUT2D eigenvalue weighted by Crippen LogP contribution is -2.29. The van der Waals surface area contributed by atoms with Gasteiger partial charge < -0.3 is 5.32 Å². The van der Waals surface area contributed by atoms with Gasteiger partial charge in [-0.2, -0.15) is 5.10 Å². The van der Waals surface area contributed by atoms with Crippen molar-refractivity contribution in [3.63, 3.8) is 0 Å². The van der Waals surface area contributed by atoms with Gasteiger partial charge in [0, 0.05) is 36.6 Å². The van der Waals surface area contributed by atoms with Gasteiger partial charge in [-0.05, 0) is 19.8 Å². The number of aromatic nitrogens is 3. The fourth-order valence-electron chi connectivity index (χ4n) is 3.05. The van der Waals surface area contributed by atoms with Gasteiger partial charge in [0.1, 0.15) is 0 Å². The van der Waals surface area contributed by atoms with Crippen LogP contribution >= 0.6 is 0 Å². The summed E-state index contributed by atoms with van der Waals surface area (Å²) < 4.78 is 1.88. The van der Waals surface area contributed by atoms with Crippen molar-refractivity contribution < 1.29 is 0 Å². The third-order valence-corrected chi connectivity index (χ3v) is 4.19. The normalized spacial score (nSPS) is 18.1. The van der Waals surface area contributed by atoms with Crippen molar-refractivity contribution in [3.05, 3.63) is 29.7 Å². The Bertz CT molecular complexity index is 553. The highest BCUT2D eigenvalue weighted by Crippen LogP contribution is 2.17. The minimum absolute atomic E-state index is 0.672. The molecule has 20 heavy (non-hydrogen) atoms. The molecule has 1 saturated carbocycles. The molecule has 0 atom stereocenters. The molecule has 0 spiro atoms. The fourth-order valence-corrected chi connectivity index (χ4v) is 3.05. The number of aryl methyl sites for hydroxylation is 1. The van der Waals surface area contributed by atoms with Gasteiger partial charge in [-0.25, -0.2) is 9.50 Å². The summed E-state index contributed by atoms with van der Waals surface area (Å²) in [5.41, 5.74) is 3.16. The second kappa shape index (κ2) is 6.35. The molecule has 0 bridgehead atoms. The number of nitrogens with zero attached hydrogens (tertiary/aromatic N) is 3. The Balaban J connectivity index is 1.60. The monoisotopic (exact) mass is 272 g/mol. The number of nitrogens with one attached hydrogen (secondary N) is 1. The lowest BCUT2D eigenvalue weighted by atomic mass is 9.96. The van der Waals surface area contributed by atoms with Crippen molar-refractivity contribution in [1.82, 2.24) is 19.9 Å². The van der Waals surface area contributed by atoms with E-state index in [1.165, 1.54) is 50.5 Å². The van der Waals surface area contributed by atoms with E-state index in [9.17, 15) is 0 Å². The van der Waals surface area contributed by atoms with Crippen molar-refractivity contribution in [2.75, 3.05) is 0 Å². The molecular formula is C16H24N4. The second-order valence-corrected chi connectivity index (χ2v) is 5.97. The van der Waals surface area contributed by atoms with Crippen molar-refractivity contribution in [3.8, 4) is 0 Å². The molecule has 2 aromatic heterocycles. The zero-order valence-corrected chi connectivity index (χ0v) is 12.3. The summed E-state index contributed by atoms with van der Waals surface area (Å²) in [7, 11) is 0. The van der Waals surface area contributed by atoms with Crippen LogP contribution in [0.5, 0.6) is 0 Å². The topological polar surface area (TPSA) is 42.2 Å². The van der Waals surface area contributed by atoms with Crippen LogP contribution in [-0.4, -0.2) is 20.6 Å². The third-order valence-electron chi connectivity index (χ3n) is 4.19. The maximum absolute atomic E-state index is 4.46. The van der Waals surface area contributed by atoms with Gasteiger partial charge in [0.2, 0.25) is 0 Å². The van der Waals surface area contributed by atoms with Gasteiger partial charge in [-0.1, -0.05) is 32.1 Å². The standard InChI is InChI=1S/C16H24N4/c1-13-9-16-18-11-14(12-20(16)19-13)10-17-15-7-5-3-2-4-6-8-15/h9,11-12,15,17H,2-8,10H2,1H3. The highest BCUT2D eigenvalue weighted by Gasteiger charge is 2.11. The van der Waals surface area contributed by atoms with Crippen molar-refractivity contribution in [2.24, 2.45) is 0 Å². The molecule has 0 aromatic carbocycles. The summed E-state index contributed by atoms with van der Waals surface area (Å²) in [4.78, 5) is 4.46. The molecule has 4 heteroatoms. The Morgan fingerprint density at radius 3 is 2.75 bits per heavy atom. The minimum atomic E-state index is 0.672. The van der Waals surface area contributed by atoms with E-state index >= 15 is 0 Å². The highest BCUT2D eigenvalue weighted by atomic mass is 15.2. The molecule has 1 aliphatic rings. The largest absolute Gasteiger partial charge is 0.310 e. The number of hydrogen-bond donors (Lipinski definition) is 1. The first kappa shape index (κ1) is 13.6. The third kappa shape index (κ3) is 3.37. The van der Waals surface area contributed by atoms with E-state index in [2.05, 4.69) is 21.6 Å². The van der Waals surface area contributed by atoms with E-state index in [0.717, 1.165) is 17.9 Å². The van der Waals surface area contributed by atoms with Crippen LogP contribution in [0.3, 0.4) is 0 Å². The Hall–Kier alpha value is -1.42. The van der Waals surface area contributed by atoms with Crippen molar-refractivity contribution >= 4 is 5.65 Å². The quantitative estimate of drug-likeness (QED) is 0.932. The molecule has 3 rings (SSSR count). The predicted octanol–water partition coefficient (Wildman–Crippen LogP) is 3.24. The maximum atomic E-state index is 4.46. The van der Waals surface area contributed by atoms with Crippen LogP contribution < -0.4 is 5.32 Å². The van der Waals surface area contributed by atoms with Crippen molar-refractivity contribution in [1.29, 1.82) is 0 Å². The summed E-state index contributed by atoms with van der Waals surface area (Å²) in [6, 6.07) is 2.68. The van der Waals surface area contributed by atoms with E-state index in [0.29, 0.717) is 6.04 Å². The van der Waals surface area contributed by atoms with Crippen LogP contribution in [0.2, 0.25) is 0 Å². The highest BCUT2D eigenvalue weighted by molar-refractivity contribution is 5.38. The summed E-state index contributed by atoms with van der Waals surface area (Å²) in [5.74, 6) is 0. The second-order valence-electron chi connectivity index (χ2n) is 5.97. The molecule has 1 N–H and O–H groups in total. The average Bonchev–Trinajstić information content (AvgIpc) is 2.76. The summed E-state index contributed by atoms with van der Waals surface area (Å²) >= 11 is 0. The molecule has 0 amide bonds. The Morgan fingerprint density at radius 2 is 1.95 bits per heavy atom. The molecular weight excluding hydrogens is 248 g/mol. The molecule has 108 valence electrons. The first-order valence-corrected chi connectivity index (χ1v) is 7.85. The molecule has 1 fully saturated rings. The van der Waals surface area contributed by atoms with Gasteiger partial charge in [-0.15, -0.1) is 0 Å². The van der Waals surface area contributed by atoms with Crippen molar-refractivity contribution in [2.45, 2.75) is 64.5 Å². The van der Waals surface area contributed by atoms with E-state index in [4.69, 9.17) is 0 Å². The van der Waals surface area contributed by atoms with E-state index in [1.807, 2.05) is 23.7 Å². The summed E-state index contributed by atoms with van der Waals surface area (Å²) in [5, 5.41) is 8.12. The molecule has 0 radical (unpaired) electrons. The molecule has 0 aliphatic heterocycles. The average molecular weight is 272 g/mol. The summed E-state index contributed by atoms with van der Waals surface area (Å²) in [6.45, 7) is 2.90. The maximum Gasteiger partial charge on any atom is 0.155 e. The lowest BCUT2D eigenvalue weighted by Gasteiger charge is -2.21. The van der Waals surface area contributed by atoms with Gasteiger partial charge >= 0.3 is 0 Å². The minimum Gasteiger partial charge on any atom is -0.310 e. The van der Waals surface area contributed by atoms with Crippen LogP contribution in [0.1, 0.15) is 56.2 Å².